The summed E-state index contributed by atoms with van der Waals surface area (Å²) in [6.45, 7) is 5.97. The molecule has 0 saturated heterocycles. The molecule has 1 amide bonds. The van der Waals surface area contributed by atoms with E-state index in [0.717, 1.165) is 26.6 Å². The number of ether oxygens (including phenoxy) is 1. The van der Waals surface area contributed by atoms with Crippen LogP contribution in [0.1, 0.15) is 26.3 Å². The third-order valence-corrected chi connectivity index (χ3v) is 3.68. The van der Waals surface area contributed by atoms with E-state index >= 15 is 0 Å². The molecule has 0 bridgehead atoms. The number of benzene rings is 2. The first kappa shape index (κ1) is 16.8. The molecule has 0 radical (unpaired) electrons. The number of carbonyl (C=O) groups excluding carboxylic acids is 1. The number of methoxy groups -OCH3 is 1. The molecule has 22 heavy (non-hydrogen) atoms. The van der Waals surface area contributed by atoms with E-state index in [1.165, 1.54) is 0 Å². The van der Waals surface area contributed by atoms with Crippen LogP contribution in [0.25, 0.3) is 10.8 Å². The third kappa shape index (κ3) is 4.21. The number of hydrazine groups is 1. The van der Waals surface area contributed by atoms with Gasteiger partial charge in [0.25, 0.3) is 0 Å². The Balaban J connectivity index is 2.30. The fraction of sp³-hybridized carbons (Fsp3) is 0.353. The SMILES string of the molecule is COc1ccc2cc(Br)ccc2c1CC(=O)NNC(C)(C)C. The lowest BCUT2D eigenvalue weighted by Crippen LogP contribution is -2.49. The molecule has 0 aliphatic heterocycles. The van der Waals surface area contributed by atoms with Crippen molar-refractivity contribution in [3.63, 3.8) is 0 Å². The van der Waals surface area contributed by atoms with E-state index in [0.29, 0.717) is 0 Å². The van der Waals surface area contributed by atoms with Crippen LogP contribution >= 0.6 is 15.9 Å². The largest absolute Gasteiger partial charge is 0.496 e. The van der Waals surface area contributed by atoms with Crippen LogP contribution < -0.4 is 15.6 Å². The van der Waals surface area contributed by atoms with Crippen molar-refractivity contribution >= 4 is 32.6 Å². The van der Waals surface area contributed by atoms with Crippen LogP contribution in [0.5, 0.6) is 5.75 Å². The van der Waals surface area contributed by atoms with Gasteiger partial charge in [0.2, 0.25) is 5.91 Å². The Hall–Kier alpha value is -1.59. The summed E-state index contributed by atoms with van der Waals surface area (Å²) < 4.78 is 6.43. The van der Waals surface area contributed by atoms with Gasteiger partial charge in [-0.1, -0.05) is 28.1 Å². The maximum Gasteiger partial charge on any atom is 0.238 e. The van der Waals surface area contributed by atoms with Crippen LogP contribution in [0.4, 0.5) is 0 Å². The van der Waals surface area contributed by atoms with Crippen molar-refractivity contribution in [3.05, 3.63) is 40.4 Å². The van der Waals surface area contributed by atoms with E-state index < -0.39 is 0 Å². The van der Waals surface area contributed by atoms with Crippen molar-refractivity contribution in [2.75, 3.05) is 7.11 Å². The summed E-state index contributed by atoms with van der Waals surface area (Å²) in [5.41, 5.74) is 6.45. The highest BCUT2D eigenvalue weighted by atomic mass is 79.9. The van der Waals surface area contributed by atoms with Gasteiger partial charge in [-0.15, -0.1) is 0 Å². The first-order valence-electron chi connectivity index (χ1n) is 7.11. The molecule has 0 aromatic heterocycles. The highest BCUT2D eigenvalue weighted by Gasteiger charge is 2.15. The van der Waals surface area contributed by atoms with Crippen molar-refractivity contribution in [2.45, 2.75) is 32.7 Å². The van der Waals surface area contributed by atoms with Gasteiger partial charge in [0, 0.05) is 15.6 Å². The molecule has 2 aromatic rings. The Kier molecular flexibility index (Phi) is 5.08. The summed E-state index contributed by atoms with van der Waals surface area (Å²) in [6.07, 6.45) is 0.255. The van der Waals surface area contributed by atoms with Crippen molar-refractivity contribution in [3.8, 4) is 5.75 Å². The smallest absolute Gasteiger partial charge is 0.238 e. The second-order valence-corrected chi connectivity index (χ2v) is 7.13. The lowest BCUT2D eigenvalue weighted by molar-refractivity contribution is -0.121. The number of hydrogen-bond acceptors (Lipinski definition) is 3. The molecular formula is C17H21BrN2O2. The maximum atomic E-state index is 12.2. The fourth-order valence-corrected chi connectivity index (χ4v) is 2.56. The highest BCUT2D eigenvalue weighted by molar-refractivity contribution is 9.10. The number of halogens is 1. The summed E-state index contributed by atoms with van der Waals surface area (Å²) >= 11 is 3.47. The lowest BCUT2D eigenvalue weighted by atomic mass is 10.0. The predicted octanol–water partition coefficient (Wildman–Crippen LogP) is 3.57. The van der Waals surface area contributed by atoms with Gasteiger partial charge in [-0.2, -0.15) is 0 Å². The van der Waals surface area contributed by atoms with Gasteiger partial charge in [0.1, 0.15) is 5.75 Å². The van der Waals surface area contributed by atoms with E-state index in [1.807, 2.05) is 51.1 Å². The van der Waals surface area contributed by atoms with Crippen molar-refractivity contribution in [2.24, 2.45) is 0 Å². The zero-order valence-electron chi connectivity index (χ0n) is 13.3. The van der Waals surface area contributed by atoms with Gasteiger partial charge in [0.05, 0.1) is 13.5 Å². The third-order valence-electron chi connectivity index (χ3n) is 3.18. The van der Waals surface area contributed by atoms with Gasteiger partial charge in [-0.3, -0.25) is 10.2 Å². The average Bonchev–Trinajstić information content (AvgIpc) is 2.44. The molecule has 4 nitrogen and oxygen atoms in total. The molecule has 0 spiro atoms. The van der Waals surface area contributed by atoms with Crippen LogP contribution in [-0.2, 0) is 11.2 Å². The normalized spacial score (nSPS) is 11.5. The highest BCUT2D eigenvalue weighted by Crippen LogP contribution is 2.30. The summed E-state index contributed by atoms with van der Waals surface area (Å²) in [5.74, 6) is 0.629. The molecule has 2 N–H and O–H groups in total. The van der Waals surface area contributed by atoms with E-state index in [9.17, 15) is 4.79 Å². The molecule has 0 saturated carbocycles. The molecule has 0 fully saturated rings. The lowest BCUT2D eigenvalue weighted by Gasteiger charge is -2.21. The Morgan fingerprint density at radius 3 is 2.59 bits per heavy atom. The molecule has 0 aliphatic rings. The van der Waals surface area contributed by atoms with Gasteiger partial charge in [-0.25, -0.2) is 5.43 Å². The summed E-state index contributed by atoms with van der Waals surface area (Å²) in [7, 11) is 1.62. The standard InChI is InChI=1S/C17H21BrN2O2/c1-17(2,3)20-19-16(21)10-14-13-7-6-12(18)9-11(13)5-8-15(14)22-4/h5-9,20H,10H2,1-4H3,(H,19,21). The van der Waals surface area contributed by atoms with Crippen molar-refractivity contribution in [1.29, 1.82) is 0 Å². The minimum atomic E-state index is -0.177. The average molecular weight is 365 g/mol. The molecule has 0 heterocycles. The van der Waals surface area contributed by atoms with Crippen LogP contribution in [-0.4, -0.2) is 18.6 Å². The van der Waals surface area contributed by atoms with Crippen molar-refractivity contribution < 1.29 is 9.53 Å². The van der Waals surface area contributed by atoms with E-state index in [4.69, 9.17) is 4.74 Å². The van der Waals surface area contributed by atoms with Crippen molar-refractivity contribution in [1.82, 2.24) is 10.9 Å². The minimum Gasteiger partial charge on any atom is -0.496 e. The monoisotopic (exact) mass is 364 g/mol. The molecule has 0 aliphatic carbocycles. The summed E-state index contributed by atoms with van der Waals surface area (Å²) in [4.78, 5) is 12.2. The second-order valence-electron chi connectivity index (χ2n) is 6.21. The zero-order valence-corrected chi connectivity index (χ0v) is 14.9. The Labute approximate surface area is 139 Å². The summed E-state index contributed by atoms with van der Waals surface area (Å²) in [6, 6.07) is 9.89. The molecule has 118 valence electrons. The zero-order chi connectivity index (χ0) is 16.3. The second kappa shape index (κ2) is 6.67. The van der Waals surface area contributed by atoms with E-state index in [-0.39, 0.29) is 17.9 Å². The number of amides is 1. The number of fused-ring (bicyclic) bond motifs is 1. The molecule has 0 atom stereocenters. The van der Waals surface area contributed by atoms with Crippen LogP contribution in [0.15, 0.2) is 34.8 Å². The topological polar surface area (TPSA) is 50.4 Å². The molecule has 5 heteroatoms. The van der Waals surface area contributed by atoms with Crippen LogP contribution in [0.2, 0.25) is 0 Å². The number of hydrogen-bond donors (Lipinski definition) is 2. The van der Waals surface area contributed by atoms with Gasteiger partial charge in [0.15, 0.2) is 0 Å². The van der Waals surface area contributed by atoms with Gasteiger partial charge < -0.3 is 4.74 Å². The fourth-order valence-electron chi connectivity index (χ4n) is 2.18. The molecule has 2 aromatic carbocycles. The molecular weight excluding hydrogens is 344 g/mol. The Bertz CT molecular complexity index is 693. The van der Waals surface area contributed by atoms with E-state index in [1.54, 1.807) is 7.11 Å². The maximum absolute atomic E-state index is 12.2. The number of carbonyl (C=O) groups is 1. The van der Waals surface area contributed by atoms with E-state index in [2.05, 4.69) is 26.8 Å². The molecule has 2 rings (SSSR count). The summed E-state index contributed by atoms with van der Waals surface area (Å²) in [5, 5.41) is 2.09. The molecule has 0 unspecified atom stereocenters. The van der Waals surface area contributed by atoms with Crippen LogP contribution in [0.3, 0.4) is 0 Å². The predicted molar refractivity (Wildman–Crippen MR) is 92.9 cm³/mol. The Morgan fingerprint density at radius 2 is 1.95 bits per heavy atom. The minimum absolute atomic E-state index is 0.0938. The first-order valence-corrected chi connectivity index (χ1v) is 7.90. The van der Waals surface area contributed by atoms with Gasteiger partial charge >= 0.3 is 0 Å². The number of nitrogens with one attached hydrogen (secondary N) is 2. The first-order chi connectivity index (χ1) is 10.3. The van der Waals surface area contributed by atoms with Crippen LogP contribution in [0, 0.1) is 0 Å². The van der Waals surface area contributed by atoms with Gasteiger partial charge in [-0.05, 0) is 49.7 Å². The Morgan fingerprint density at radius 1 is 1.23 bits per heavy atom. The number of rotatable bonds is 4. The quantitative estimate of drug-likeness (QED) is 0.815.